The Labute approximate surface area is 230 Å². The second-order valence-electron chi connectivity index (χ2n) is 8.14. The summed E-state index contributed by atoms with van der Waals surface area (Å²) in [5.74, 6) is -1.64. The lowest BCUT2D eigenvalue weighted by Crippen LogP contribution is -2.36. The Balaban J connectivity index is 1.43. The third-order valence-corrected chi connectivity index (χ3v) is 6.73. The Hall–Kier alpha value is -4.48. The minimum atomic E-state index is -0.832. The van der Waals surface area contributed by atoms with Crippen LogP contribution in [0.3, 0.4) is 0 Å². The number of methoxy groups -OCH3 is 1. The number of carbonyl (C=O) groups excluding carboxylic acids is 3. The maximum atomic E-state index is 14.3. The molecular weight excluding hydrogens is 547 g/mol. The molecule has 5 rings (SSSR count). The van der Waals surface area contributed by atoms with Crippen molar-refractivity contribution in [2.24, 2.45) is 0 Å². The molecule has 196 valence electrons. The van der Waals surface area contributed by atoms with Gasteiger partial charge in [-0.25, -0.2) is 4.98 Å². The Bertz CT molecular complexity index is 1650. The van der Waals surface area contributed by atoms with E-state index in [-0.39, 0.29) is 15.9 Å². The van der Waals surface area contributed by atoms with E-state index in [4.69, 9.17) is 21.1 Å². The fourth-order valence-electron chi connectivity index (χ4n) is 3.81. The highest BCUT2D eigenvalue weighted by Gasteiger charge is 2.36. The zero-order valence-electron chi connectivity index (χ0n) is 20.2. The van der Waals surface area contributed by atoms with Gasteiger partial charge in [0.2, 0.25) is 17.0 Å². The molecule has 39 heavy (non-hydrogen) atoms. The van der Waals surface area contributed by atoms with Crippen molar-refractivity contribution in [3.63, 3.8) is 0 Å². The molecule has 0 radical (unpaired) electrons. The molecule has 1 saturated heterocycles. The van der Waals surface area contributed by atoms with Crippen LogP contribution in [0.1, 0.15) is 5.56 Å². The molecule has 1 aliphatic heterocycles. The molecule has 3 amide bonds. The van der Waals surface area contributed by atoms with Crippen molar-refractivity contribution in [3.05, 3.63) is 88.4 Å². The van der Waals surface area contributed by atoms with Crippen molar-refractivity contribution < 1.29 is 28.2 Å². The van der Waals surface area contributed by atoms with Crippen LogP contribution in [0.2, 0.25) is 5.28 Å². The first kappa shape index (κ1) is 26.1. The normalized spacial score (nSPS) is 14.2. The van der Waals surface area contributed by atoms with Crippen LogP contribution >= 0.6 is 23.4 Å². The summed E-state index contributed by atoms with van der Waals surface area (Å²) >= 11 is 6.49. The monoisotopic (exact) mass is 564 g/mol. The number of nitrogens with zero attached hydrogens (tertiary/aromatic N) is 3. The smallest absolute Gasteiger partial charge is 0.294 e. The third kappa shape index (κ3) is 5.69. The number of carbonyl (C=O) groups is 3. The van der Waals surface area contributed by atoms with Gasteiger partial charge in [0.1, 0.15) is 18.0 Å². The lowest BCUT2D eigenvalue weighted by molar-refractivity contribution is -0.127. The molecule has 3 aromatic carbocycles. The number of amides is 3. The number of anilines is 1. The molecule has 0 atom stereocenters. The van der Waals surface area contributed by atoms with Crippen LogP contribution in [0.4, 0.5) is 14.9 Å². The van der Waals surface area contributed by atoms with Gasteiger partial charge in [0, 0.05) is 11.3 Å². The van der Waals surface area contributed by atoms with Crippen LogP contribution in [0, 0.1) is 5.82 Å². The third-order valence-electron chi connectivity index (χ3n) is 5.64. The Morgan fingerprint density at radius 2 is 1.90 bits per heavy atom. The number of imide groups is 1. The van der Waals surface area contributed by atoms with Gasteiger partial charge >= 0.3 is 0 Å². The molecule has 9 nitrogen and oxygen atoms in total. The topological polar surface area (TPSA) is 111 Å². The van der Waals surface area contributed by atoms with Gasteiger partial charge in [0.15, 0.2) is 0 Å². The quantitative estimate of drug-likeness (QED) is 0.218. The molecule has 12 heteroatoms. The van der Waals surface area contributed by atoms with Crippen LogP contribution in [0.15, 0.2) is 71.8 Å². The van der Waals surface area contributed by atoms with E-state index in [1.807, 2.05) is 12.1 Å². The summed E-state index contributed by atoms with van der Waals surface area (Å²) in [6.45, 7) is -0.475. The minimum absolute atomic E-state index is 0.0691. The minimum Gasteiger partial charge on any atom is -0.497 e. The maximum Gasteiger partial charge on any atom is 0.294 e. The van der Waals surface area contributed by atoms with Gasteiger partial charge in [-0.15, -0.1) is 0 Å². The van der Waals surface area contributed by atoms with Crippen LogP contribution in [-0.4, -0.2) is 45.6 Å². The molecule has 2 heterocycles. The van der Waals surface area contributed by atoms with E-state index in [1.165, 1.54) is 13.2 Å². The van der Waals surface area contributed by atoms with E-state index in [1.54, 1.807) is 48.5 Å². The first-order chi connectivity index (χ1) is 18.8. The van der Waals surface area contributed by atoms with Crippen LogP contribution < -0.4 is 14.8 Å². The lowest BCUT2D eigenvalue weighted by atomic mass is 10.0. The highest BCUT2D eigenvalue weighted by molar-refractivity contribution is 8.18. The first-order valence-corrected chi connectivity index (χ1v) is 12.6. The van der Waals surface area contributed by atoms with Crippen molar-refractivity contribution in [3.8, 4) is 17.4 Å². The summed E-state index contributed by atoms with van der Waals surface area (Å²) in [5, 5.41) is 3.33. The van der Waals surface area contributed by atoms with Crippen LogP contribution in [0.5, 0.6) is 17.4 Å². The summed E-state index contributed by atoms with van der Waals surface area (Å²) < 4.78 is 25.1. The van der Waals surface area contributed by atoms with Crippen molar-refractivity contribution in [2.75, 3.05) is 19.0 Å². The largest absolute Gasteiger partial charge is 0.497 e. The number of rotatable bonds is 7. The number of thioether (sulfide) groups is 1. The Morgan fingerprint density at radius 3 is 2.67 bits per heavy atom. The molecule has 1 fully saturated rings. The molecule has 0 unspecified atom stereocenters. The maximum absolute atomic E-state index is 14.3. The van der Waals surface area contributed by atoms with Gasteiger partial charge < -0.3 is 14.8 Å². The molecule has 0 spiro atoms. The molecule has 4 aromatic rings. The van der Waals surface area contributed by atoms with E-state index in [9.17, 15) is 18.8 Å². The number of halogens is 2. The van der Waals surface area contributed by atoms with Gasteiger partial charge in [-0.3, -0.25) is 19.3 Å². The zero-order chi connectivity index (χ0) is 27.5. The summed E-state index contributed by atoms with van der Waals surface area (Å²) in [6.07, 6.45) is 2.36. The van der Waals surface area contributed by atoms with E-state index in [2.05, 4.69) is 15.3 Å². The van der Waals surface area contributed by atoms with Gasteiger partial charge in [0.05, 0.1) is 18.2 Å². The highest BCUT2D eigenvalue weighted by Crippen LogP contribution is 2.38. The zero-order valence-corrected chi connectivity index (χ0v) is 21.8. The number of benzene rings is 3. The van der Waals surface area contributed by atoms with Gasteiger partial charge in [0.25, 0.3) is 17.0 Å². The number of hydrogen-bond acceptors (Lipinski definition) is 8. The fourth-order valence-corrected chi connectivity index (χ4v) is 4.75. The Kier molecular flexibility index (Phi) is 7.44. The summed E-state index contributed by atoms with van der Waals surface area (Å²) in [4.78, 5) is 46.7. The summed E-state index contributed by atoms with van der Waals surface area (Å²) in [5.41, 5.74) is 0.897. The van der Waals surface area contributed by atoms with Crippen molar-refractivity contribution in [1.82, 2.24) is 14.9 Å². The van der Waals surface area contributed by atoms with E-state index in [0.29, 0.717) is 34.1 Å². The number of ether oxygens (including phenoxy) is 2. The molecule has 1 N–H and O–H groups in total. The van der Waals surface area contributed by atoms with E-state index >= 15 is 0 Å². The molecular formula is C27H18ClFN4O5S. The predicted octanol–water partition coefficient (Wildman–Crippen LogP) is 5.90. The summed E-state index contributed by atoms with van der Waals surface area (Å²) in [6, 6.07) is 17.3. The molecule has 1 aliphatic rings. The predicted molar refractivity (Wildman–Crippen MR) is 145 cm³/mol. The standard InChI is InChI=1S/C27H18ClFN4O5S/c1-37-17-9-7-16(8-10-17)31-23(34)14-33-25(35)22(39-27(33)36)12-19-18-5-3-2-4-15(18)6-11-21(19)38-24-20(29)13-30-26(28)32-24/h2-13H,14H2,1H3,(H,31,34)/b22-12+. The average Bonchev–Trinajstić information content (AvgIpc) is 3.19. The number of nitrogens with one attached hydrogen (secondary N) is 1. The number of fused-ring (bicyclic) bond motifs is 1. The van der Waals surface area contributed by atoms with Crippen molar-refractivity contribution in [1.29, 1.82) is 0 Å². The fraction of sp³-hybridized carbons (Fsp3) is 0.0741. The first-order valence-electron chi connectivity index (χ1n) is 11.4. The number of hydrogen-bond donors (Lipinski definition) is 1. The van der Waals surface area contributed by atoms with Crippen molar-refractivity contribution in [2.45, 2.75) is 0 Å². The second kappa shape index (κ2) is 11.1. The van der Waals surface area contributed by atoms with Crippen LogP contribution in [-0.2, 0) is 9.59 Å². The molecule has 0 saturated carbocycles. The van der Waals surface area contributed by atoms with E-state index < -0.39 is 35.3 Å². The molecule has 1 aromatic heterocycles. The molecule has 0 bridgehead atoms. The van der Waals surface area contributed by atoms with Gasteiger partial charge in [-0.1, -0.05) is 30.3 Å². The van der Waals surface area contributed by atoms with Crippen LogP contribution in [0.25, 0.3) is 16.8 Å². The Morgan fingerprint density at radius 1 is 1.13 bits per heavy atom. The van der Waals surface area contributed by atoms with E-state index in [0.717, 1.165) is 16.5 Å². The summed E-state index contributed by atoms with van der Waals surface area (Å²) in [7, 11) is 1.53. The highest BCUT2D eigenvalue weighted by atomic mass is 35.5. The second-order valence-corrected chi connectivity index (χ2v) is 9.47. The average molecular weight is 565 g/mol. The van der Waals surface area contributed by atoms with Gasteiger partial charge in [-0.05, 0) is 70.5 Å². The SMILES string of the molecule is COc1ccc(NC(=O)CN2C(=O)S/C(=C/c3c(Oc4nc(Cl)ncc4F)ccc4ccccc34)C2=O)cc1. The lowest BCUT2D eigenvalue weighted by Gasteiger charge is -2.13. The van der Waals surface area contributed by atoms with Gasteiger partial charge in [-0.2, -0.15) is 9.37 Å². The number of aromatic nitrogens is 2. The van der Waals surface area contributed by atoms with Crippen molar-refractivity contribution >= 4 is 63.0 Å². The molecule has 0 aliphatic carbocycles.